The van der Waals surface area contributed by atoms with Gasteiger partial charge in [-0.05, 0) is 29.8 Å². The highest BCUT2D eigenvalue weighted by Gasteiger charge is 2.33. The molecule has 0 fully saturated rings. The maximum atomic E-state index is 12.7. The molecule has 1 atom stereocenters. The maximum Gasteiger partial charge on any atom is 0.312 e. The number of fused-ring (bicyclic) bond motifs is 3. The molecule has 0 aliphatic carbocycles. The molecular formula is C19H15NO5. The zero-order chi connectivity index (χ0) is 17.6. The summed E-state index contributed by atoms with van der Waals surface area (Å²) in [4.78, 5) is 27.7. The highest BCUT2D eigenvalue weighted by Crippen LogP contribution is 2.41. The number of nitrogens with one attached hydrogen (secondary N) is 1. The Bertz CT molecular complexity index is 1050. The summed E-state index contributed by atoms with van der Waals surface area (Å²) in [7, 11) is 1.45. The zero-order valence-electron chi connectivity index (χ0n) is 13.4. The molecule has 0 spiro atoms. The van der Waals surface area contributed by atoms with Crippen molar-refractivity contribution in [3.63, 3.8) is 0 Å². The van der Waals surface area contributed by atoms with Crippen molar-refractivity contribution in [2.75, 3.05) is 7.11 Å². The number of aromatic hydroxyl groups is 1. The molecule has 0 saturated carbocycles. The lowest BCUT2D eigenvalue weighted by molar-refractivity contribution is -0.135. The Balaban J connectivity index is 1.97. The number of aromatic amines is 1. The number of methoxy groups -OCH3 is 1. The van der Waals surface area contributed by atoms with E-state index in [9.17, 15) is 14.7 Å². The van der Waals surface area contributed by atoms with E-state index in [4.69, 9.17) is 9.47 Å². The fourth-order valence-electron chi connectivity index (χ4n) is 3.27. The van der Waals surface area contributed by atoms with Crippen LogP contribution < -0.4 is 15.0 Å². The number of hydrogen-bond acceptors (Lipinski definition) is 5. The molecule has 2 aromatic carbocycles. The second-order valence-corrected chi connectivity index (χ2v) is 5.90. The summed E-state index contributed by atoms with van der Waals surface area (Å²) in [5.74, 6) is -0.292. The number of H-pyrrole nitrogens is 1. The number of benzene rings is 2. The Hall–Kier alpha value is -3.28. The van der Waals surface area contributed by atoms with Crippen molar-refractivity contribution < 1.29 is 19.4 Å². The lowest BCUT2D eigenvalue weighted by Crippen LogP contribution is -2.28. The van der Waals surface area contributed by atoms with Crippen LogP contribution in [0.4, 0.5) is 0 Å². The molecule has 1 aliphatic heterocycles. The molecule has 25 heavy (non-hydrogen) atoms. The minimum absolute atomic E-state index is 0.00252. The van der Waals surface area contributed by atoms with Gasteiger partial charge in [0.1, 0.15) is 5.75 Å². The number of phenolic OH excluding ortho intramolecular Hbond substituents is 1. The molecule has 0 unspecified atom stereocenters. The molecule has 126 valence electrons. The largest absolute Gasteiger partial charge is 0.504 e. The number of carbonyl (C=O) groups excluding carboxylic acids is 1. The summed E-state index contributed by atoms with van der Waals surface area (Å²) >= 11 is 0. The fraction of sp³-hybridized carbons (Fsp3) is 0.158. The van der Waals surface area contributed by atoms with Crippen LogP contribution in [0.1, 0.15) is 23.5 Å². The van der Waals surface area contributed by atoms with Gasteiger partial charge in [-0.2, -0.15) is 0 Å². The number of esters is 1. The van der Waals surface area contributed by atoms with Crippen molar-refractivity contribution in [3.8, 4) is 17.2 Å². The number of para-hydroxylation sites is 1. The molecular weight excluding hydrogens is 322 g/mol. The van der Waals surface area contributed by atoms with Crippen molar-refractivity contribution in [1.82, 2.24) is 4.98 Å². The van der Waals surface area contributed by atoms with E-state index >= 15 is 0 Å². The Morgan fingerprint density at radius 1 is 1.20 bits per heavy atom. The van der Waals surface area contributed by atoms with Gasteiger partial charge in [-0.1, -0.05) is 18.2 Å². The Labute approximate surface area is 142 Å². The Kier molecular flexibility index (Phi) is 3.46. The van der Waals surface area contributed by atoms with Gasteiger partial charge in [-0.3, -0.25) is 9.59 Å². The Morgan fingerprint density at radius 2 is 2.00 bits per heavy atom. The highest BCUT2D eigenvalue weighted by atomic mass is 16.5. The van der Waals surface area contributed by atoms with E-state index in [1.807, 2.05) is 6.07 Å². The summed E-state index contributed by atoms with van der Waals surface area (Å²) in [6.07, 6.45) is 0.0440. The third-order valence-corrected chi connectivity index (χ3v) is 4.45. The number of hydrogen-bond donors (Lipinski definition) is 2. The SMILES string of the molecule is COc1cc([C@@H]2CC(=O)Oc3c2c(=O)[nH]c2ccccc32)ccc1O. The standard InChI is InChI=1S/C19H15NO5/c1-24-15-8-10(6-7-14(15)21)12-9-16(22)25-18-11-4-2-3-5-13(11)20-19(23)17(12)18/h2-8,12,21H,9H2,1H3,(H,20,23)/t12-/m0/s1. The quantitative estimate of drug-likeness (QED) is 0.702. The summed E-state index contributed by atoms with van der Waals surface area (Å²) in [5, 5.41) is 10.5. The summed E-state index contributed by atoms with van der Waals surface area (Å²) in [6, 6.07) is 12.0. The van der Waals surface area contributed by atoms with Crippen LogP contribution in [0.2, 0.25) is 0 Å². The number of aromatic nitrogens is 1. The van der Waals surface area contributed by atoms with Crippen molar-refractivity contribution in [1.29, 1.82) is 0 Å². The van der Waals surface area contributed by atoms with E-state index in [1.54, 1.807) is 30.3 Å². The first-order chi connectivity index (χ1) is 12.1. The summed E-state index contributed by atoms with van der Waals surface area (Å²) < 4.78 is 10.6. The van der Waals surface area contributed by atoms with Crippen molar-refractivity contribution >= 4 is 16.9 Å². The fourth-order valence-corrected chi connectivity index (χ4v) is 3.27. The van der Waals surface area contributed by atoms with Crippen LogP contribution in [0.3, 0.4) is 0 Å². The molecule has 6 nitrogen and oxygen atoms in total. The predicted molar refractivity (Wildman–Crippen MR) is 91.3 cm³/mol. The van der Waals surface area contributed by atoms with E-state index < -0.39 is 11.9 Å². The first-order valence-corrected chi connectivity index (χ1v) is 7.81. The van der Waals surface area contributed by atoms with Gasteiger partial charge in [0.05, 0.1) is 24.6 Å². The average Bonchev–Trinajstić information content (AvgIpc) is 2.61. The second-order valence-electron chi connectivity index (χ2n) is 5.90. The van der Waals surface area contributed by atoms with Gasteiger partial charge in [0.2, 0.25) is 0 Å². The van der Waals surface area contributed by atoms with Crippen LogP contribution >= 0.6 is 0 Å². The molecule has 2 N–H and O–H groups in total. The molecule has 2 heterocycles. The summed E-state index contributed by atoms with van der Waals surface area (Å²) in [6.45, 7) is 0. The van der Waals surface area contributed by atoms with Crippen LogP contribution in [0.15, 0.2) is 47.3 Å². The van der Waals surface area contributed by atoms with Crippen molar-refractivity contribution in [2.24, 2.45) is 0 Å². The second kappa shape index (κ2) is 5.66. The van der Waals surface area contributed by atoms with Gasteiger partial charge >= 0.3 is 5.97 Å². The first-order valence-electron chi connectivity index (χ1n) is 7.81. The van der Waals surface area contributed by atoms with Crippen LogP contribution in [0.25, 0.3) is 10.9 Å². The third kappa shape index (κ3) is 2.42. The molecule has 1 aliphatic rings. The monoisotopic (exact) mass is 337 g/mol. The highest BCUT2D eigenvalue weighted by molar-refractivity contribution is 5.91. The third-order valence-electron chi connectivity index (χ3n) is 4.45. The van der Waals surface area contributed by atoms with Gasteiger partial charge < -0.3 is 19.6 Å². The van der Waals surface area contributed by atoms with E-state index in [1.165, 1.54) is 13.2 Å². The van der Waals surface area contributed by atoms with Gasteiger partial charge in [-0.15, -0.1) is 0 Å². The topological polar surface area (TPSA) is 88.6 Å². The number of rotatable bonds is 2. The molecule has 0 amide bonds. The van der Waals surface area contributed by atoms with Gasteiger partial charge in [-0.25, -0.2) is 0 Å². The average molecular weight is 337 g/mol. The van der Waals surface area contributed by atoms with E-state index in [0.29, 0.717) is 27.8 Å². The maximum absolute atomic E-state index is 12.7. The van der Waals surface area contributed by atoms with Crippen molar-refractivity contribution in [3.05, 3.63) is 63.9 Å². The first kappa shape index (κ1) is 15.3. The molecule has 0 saturated heterocycles. The van der Waals surface area contributed by atoms with Crippen LogP contribution in [-0.2, 0) is 4.79 Å². The Morgan fingerprint density at radius 3 is 2.80 bits per heavy atom. The number of carbonyl (C=O) groups is 1. The lowest BCUT2D eigenvalue weighted by atomic mass is 9.86. The number of pyridine rings is 1. The predicted octanol–water partition coefficient (Wildman–Crippen LogP) is 2.68. The minimum Gasteiger partial charge on any atom is -0.504 e. The molecule has 0 radical (unpaired) electrons. The van der Waals surface area contributed by atoms with Crippen molar-refractivity contribution in [2.45, 2.75) is 12.3 Å². The van der Waals surface area contributed by atoms with E-state index in [0.717, 1.165) is 0 Å². The normalized spacial score (nSPS) is 16.4. The molecule has 4 rings (SSSR count). The van der Waals surface area contributed by atoms with Crippen LogP contribution in [-0.4, -0.2) is 23.2 Å². The lowest BCUT2D eigenvalue weighted by Gasteiger charge is -2.25. The van der Waals surface area contributed by atoms with Gasteiger partial charge in [0.15, 0.2) is 11.5 Å². The molecule has 0 bridgehead atoms. The van der Waals surface area contributed by atoms with Gasteiger partial charge in [0, 0.05) is 11.3 Å². The number of ether oxygens (including phenoxy) is 2. The van der Waals surface area contributed by atoms with E-state index in [2.05, 4.69) is 4.98 Å². The zero-order valence-corrected chi connectivity index (χ0v) is 13.4. The number of phenols is 1. The molecule has 6 heteroatoms. The molecule has 3 aromatic rings. The van der Waals surface area contributed by atoms with Crippen LogP contribution in [0.5, 0.6) is 17.2 Å². The van der Waals surface area contributed by atoms with Gasteiger partial charge in [0.25, 0.3) is 5.56 Å². The van der Waals surface area contributed by atoms with E-state index in [-0.39, 0.29) is 23.5 Å². The van der Waals surface area contributed by atoms with Crippen LogP contribution in [0, 0.1) is 0 Å². The molecule has 1 aromatic heterocycles. The minimum atomic E-state index is -0.473. The smallest absolute Gasteiger partial charge is 0.312 e. The summed E-state index contributed by atoms with van der Waals surface area (Å²) in [5.41, 5.74) is 1.43.